The molecular weight excluding hydrogens is 406 g/mol. The Morgan fingerprint density at radius 2 is 1.84 bits per heavy atom. The van der Waals surface area contributed by atoms with Crippen molar-refractivity contribution in [3.8, 4) is 5.82 Å². The molecule has 9 nitrogen and oxygen atoms in total. The van der Waals surface area contributed by atoms with E-state index in [0.29, 0.717) is 24.2 Å². The van der Waals surface area contributed by atoms with E-state index < -0.39 is 6.10 Å². The average Bonchev–Trinajstić information content (AvgIpc) is 3.48. The lowest BCUT2D eigenvalue weighted by Gasteiger charge is -2.48. The summed E-state index contributed by atoms with van der Waals surface area (Å²) < 4.78 is 1.51. The van der Waals surface area contributed by atoms with Crippen LogP contribution in [0.1, 0.15) is 55.9 Å². The number of aryl methyl sites for hydroxylation is 1. The molecule has 2 saturated heterocycles. The molecule has 1 aliphatic carbocycles. The maximum Gasteiger partial charge on any atom is 0.157 e. The number of tetrazole rings is 1. The summed E-state index contributed by atoms with van der Waals surface area (Å²) in [5, 5.41) is 22.0. The van der Waals surface area contributed by atoms with Crippen molar-refractivity contribution >= 4 is 5.78 Å². The summed E-state index contributed by atoms with van der Waals surface area (Å²) in [7, 11) is 0. The van der Waals surface area contributed by atoms with Gasteiger partial charge in [0.25, 0.3) is 0 Å². The molecule has 1 spiro atoms. The first-order chi connectivity index (χ1) is 15.5. The number of ketones is 1. The lowest BCUT2D eigenvalue weighted by molar-refractivity contribution is -0.114. The molecule has 1 atom stereocenters. The molecule has 4 heterocycles. The summed E-state index contributed by atoms with van der Waals surface area (Å²) in [5.74, 6) is 0.926. The van der Waals surface area contributed by atoms with Gasteiger partial charge in [0, 0.05) is 49.1 Å². The smallest absolute Gasteiger partial charge is 0.157 e. The van der Waals surface area contributed by atoms with E-state index in [1.807, 2.05) is 25.1 Å². The van der Waals surface area contributed by atoms with Gasteiger partial charge in [-0.3, -0.25) is 4.79 Å². The van der Waals surface area contributed by atoms with E-state index in [0.717, 1.165) is 43.9 Å². The van der Waals surface area contributed by atoms with Crippen LogP contribution in [0, 0.1) is 12.3 Å². The van der Waals surface area contributed by atoms with Gasteiger partial charge in [-0.2, -0.15) is 4.68 Å². The zero-order chi connectivity index (χ0) is 22.1. The first-order valence-electron chi connectivity index (χ1n) is 11.6. The Labute approximate surface area is 188 Å². The topological polar surface area (TPSA) is 100 Å². The van der Waals surface area contributed by atoms with Gasteiger partial charge in [0.15, 0.2) is 11.6 Å². The number of piperidine rings is 2. The highest BCUT2D eigenvalue weighted by Crippen LogP contribution is 2.42. The Hall–Kier alpha value is -2.65. The molecule has 0 unspecified atom stereocenters. The molecule has 3 aliphatic rings. The van der Waals surface area contributed by atoms with Crippen LogP contribution in [0.15, 0.2) is 30.2 Å². The predicted octanol–water partition coefficient (Wildman–Crippen LogP) is 1.82. The molecule has 2 aliphatic heterocycles. The van der Waals surface area contributed by atoms with E-state index in [-0.39, 0.29) is 5.78 Å². The SMILES string of the molecule is Cc1nc(-n2cnnn2)ccc1[C@@H](O)CN1CCC2(CC1)CCN(C1=CC(=O)CC1)CC2. The number of β-amino-alcohol motifs (C(OH)–C–C–N with tert-alkyl or cyclic N) is 1. The molecule has 170 valence electrons. The number of allylic oxidation sites excluding steroid dienone is 2. The van der Waals surface area contributed by atoms with E-state index in [9.17, 15) is 9.90 Å². The molecule has 0 bridgehead atoms. The quantitative estimate of drug-likeness (QED) is 0.756. The van der Waals surface area contributed by atoms with E-state index in [1.54, 1.807) is 0 Å². The Bertz CT molecular complexity index is 986. The number of rotatable bonds is 5. The maximum absolute atomic E-state index is 11.6. The molecule has 0 radical (unpaired) electrons. The van der Waals surface area contributed by atoms with Crippen molar-refractivity contribution in [3.05, 3.63) is 41.5 Å². The summed E-state index contributed by atoms with van der Waals surface area (Å²) in [5.41, 5.74) is 3.33. The maximum atomic E-state index is 11.6. The number of hydrogen-bond acceptors (Lipinski definition) is 8. The lowest BCUT2D eigenvalue weighted by atomic mass is 9.71. The standard InChI is InChI=1S/C23H31N7O2/c1-17-20(4-5-22(25-17)30-16-24-26-27-30)21(32)15-28-10-6-23(7-11-28)8-12-29(13-9-23)18-2-3-19(31)14-18/h4-5,14,16,21,32H,2-3,6-13,15H2,1H3/t21-/m0/s1. The predicted molar refractivity (Wildman–Crippen MR) is 118 cm³/mol. The molecule has 0 saturated carbocycles. The van der Waals surface area contributed by atoms with E-state index >= 15 is 0 Å². The number of pyridine rings is 1. The van der Waals surface area contributed by atoms with Crippen LogP contribution in [0.2, 0.25) is 0 Å². The monoisotopic (exact) mass is 437 g/mol. The molecule has 0 aromatic carbocycles. The fourth-order valence-corrected chi connectivity index (χ4v) is 5.46. The van der Waals surface area contributed by atoms with Gasteiger partial charge < -0.3 is 14.9 Å². The van der Waals surface area contributed by atoms with Crippen molar-refractivity contribution in [2.45, 2.75) is 51.6 Å². The molecule has 5 rings (SSSR count). The van der Waals surface area contributed by atoms with Gasteiger partial charge in [0.2, 0.25) is 0 Å². The minimum absolute atomic E-state index is 0.280. The number of hydrogen-bond donors (Lipinski definition) is 1. The summed E-state index contributed by atoms with van der Waals surface area (Å²) >= 11 is 0. The van der Waals surface area contributed by atoms with E-state index in [2.05, 4.69) is 30.3 Å². The highest BCUT2D eigenvalue weighted by molar-refractivity contribution is 5.92. The second kappa shape index (κ2) is 8.71. The van der Waals surface area contributed by atoms with Crippen molar-refractivity contribution in [2.24, 2.45) is 5.41 Å². The summed E-state index contributed by atoms with van der Waals surface area (Å²) in [4.78, 5) is 20.9. The number of aromatic nitrogens is 5. The van der Waals surface area contributed by atoms with Gasteiger partial charge in [-0.15, -0.1) is 5.10 Å². The molecular formula is C23H31N7O2. The minimum atomic E-state index is -0.562. The van der Waals surface area contributed by atoms with Crippen molar-refractivity contribution in [3.63, 3.8) is 0 Å². The van der Waals surface area contributed by atoms with Gasteiger partial charge in [-0.1, -0.05) is 6.07 Å². The van der Waals surface area contributed by atoms with Crippen LogP contribution < -0.4 is 0 Å². The summed E-state index contributed by atoms with van der Waals surface area (Å²) in [6, 6.07) is 3.77. The van der Waals surface area contributed by atoms with Crippen molar-refractivity contribution in [1.29, 1.82) is 0 Å². The highest BCUT2D eigenvalue weighted by atomic mass is 16.3. The first-order valence-corrected chi connectivity index (χ1v) is 11.6. The molecule has 2 fully saturated rings. The second-order valence-corrected chi connectivity index (χ2v) is 9.50. The molecule has 2 aromatic heterocycles. The normalized spacial score (nSPS) is 22.4. The van der Waals surface area contributed by atoms with Gasteiger partial charge in [0.05, 0.1) is 6.10 Å². The third kappa shape index (κ3) is 4.31. The summed E-state index contributed by atoms with van der Waals surface area (Å²) in [6.45, 7) is 6.73. The number of carbonyl (C=O) groups is 1. The van der Waals surface area contributed by atoms with E-state index in [4.69, 9.17) is 0 Å². The lowest BCUT2D eigenvalue weighted by Crippen LogP contribution is -2.47. The third-order valence-electron chi connectivity index (χ3n) is 7.59. The number of likely N-dealkylation sites (tertiary alicyclic amines) is 2. The highest BCUT2D eigenvalue weighted by Gasteiger charge is 2.38. The average molecular weight is 438 g/mol. The zero-order valence-corrected chi connectivity index (χ0v) is 18.7. The van der Waals surface area contributed by atoms with Crippen LogP contribution in [0.4, 0.5) is 0 Å². The Kier molecular flexibility index (Phi) is 5.77. The molecule has 1 N–H and O–H groups in total. The zero-order valence-electron chi connectivity index (χ0n) is 18.7. The molecule has 32 heavy (non-hydrogen) atoms. The third-order valence-corrected chi connectivity index (χ3v) is 7.59. The largest absolute Gasteiger partial charge is 0.387 e. The van der Waals surface area contributed by atoms with Crippen molar-refractivity contribution < 1.29 is 9.90 Å². The van der Waals surface area contributed by atoms with Crippen LogP contribution in [-0.4, -0.2) is 78.6 Å². The van der Waals surface area contributed by atoms with Crippen molar-refractivity contribution in [1.82, 2.24) is 35.0 Å². The number of carbonyl (C=O) groups excluding carboxylic acids is 1. The molecule has 2 aromatic rings. The van der Waals surface area contributed by atoms with Gasteiger partial charge in [0.1, 0.15) is 6.33 Å². The second-order valence-electron chi connectivity index (χ2n) is 9.50. The van der Waals surface area contributed by atoms with Gasteiger partial charge in [-0.05, 0) is 74.0 Å². The van der Waals surface area contributed by atoms with Crippen LogP contribution >= 0.6 is 0 Å². The Morgan fingerprint density at radius 3 is 2.47 bits per heavy atom. The van der Waals surface area contributed by atoms with Crippen molar-refractivity contribution in [2.75, 3.05) is 32.7 Å². The Balaban J connectivity index is 1.14. The fraction of sp³-hybridized carbons (Fsp3) is 0.609. The number of aliphatic hydroxyl groups is 1. The summed E-state index contributed by atoms with van der Waals surface area (Å²) in [6.07, 6.45) is 9.18. The van der Waals surface area contributed by atoms with Crippen LogP contribution in [0.3, 0.4) is 0 Å². The van der Waals surface area contributed by atoms with Crippen LogP contribution in [0.25, 0.3) is 5.82 Å². The Morgan fingerprint density at radius 1 is 1.09 bits per heavy atom. The fourth-order valence-electron chi connectivity index (χ4n) is 5.46. The van der Waals surface area contributed by atoms with Crippen LogP contribution in [0.5, 0.6) is 0 Å². The van der Waals surface area contributed by atoms with Gasteiger partial charge >= 0.3 is 0 Å². The number of aliphatic hydroxyl groups excluding tert-OH is 1. The van der Waals surface area contributed by atoms with Crippen LogP contribution in [-0.2, 0) is 4.79 Å². The molecule has 9 heteroatoms. The van der Waals surface area contributed by atoms with E-state index in [1.165, 1.54) is 42.4 Å². The number of nitrogens with zero attached hydrogens (tertiary/aromatic N) is 7. The first kappa shape index (κ1) is 21.2. The molecule has 0 amide bonds. The van der Waals surface area contributed by atoms with Gasteiger partial charge in [-0.25, -0.2) is 4.98 Å². The minimum Gasteiger partial charge on any atom is -0.387 e.